The lowest BCUT2D eigenvalue weighted by atomic mass is 9.84. The Hall–Kier alpha value is -6.63. The quantitative estimate of drug-likeness (QED) is 0.0390. The third kappa shape index (κ3) is 14.4. The van der Waals surface area contributed by atoms with Crippen LogP contribution in [0.4, 0.5) is 0 Å². The van der Waals surface area contributed by atoms with Gasteiger partial charge in [0.2, 0.25) is 0 Å². The molecule has 5 rings (SSSR count). The van der Waals surface area contributed by atoms with E-state index in [-0.39, 0.29) is 56.7 Å². The molecule has 3 aromatic rings. The highest BCUT2D eigenvalue weighted by molar-refractivity contribution is 6.84. The van der Waals surface area contributed by atoms with Gasteiger partial charge in [0.15, 0.2) is 52.8 Å². The molecule has 0 unspecified atom stereocenters. The molecule has 0 aromatic heterocycles. The average molecular weight is 1080 g/mol. The smallest absolute Gasteiger partial charge is 0.335 e. The van der Waals surface area contributed by atoms with Crippen LogP contribution in [0, 0.1) is 0 Å². The number of rotatable bonds is 19. The van der Waals surface area contributed by atoms with Gasteiger partial charge in [0.25, 0.3) is 0 Å². The van der Waals surface area contributed by atoms with Crippen LogP contribution >= 0.6 is 0 Å². The van der Waals surface area contributed by atoms with E-state index in [9.17, 15) is 33.9 Å². The Kier molecular flexibility index (Phi) is 20.3. The van der Waals surface area contributed by atoms with Gasteiger partial charge < -0.3 is 60.7 Å². The van der Waals surface area contributed by atoms with Crippen LogP contribution in [0.15, 0.2) is 72.8 Å². The lowest BCUT2D eigenvalue weighted by Gasteiger charge is -2.48. The number of benzene rings is 3. The summed E-state index contributed by atoms with van der Waals surface area (Å²) in [6.45, 7) is 19.5. The van der Waals surface area contributed by atoms with E-state index in [4.69, 9.17) is 55.6 Å². The topological polar surface area (TPSA) is 233 Å². The van der Waals surface area contributed by atoms with Crippen molar-refractivity contribution in [1.82, 2.24) is 0 Å². The highest BCUT2D eigenvalue weighted by Crippen LogP contribution is 2.50. The summed E-state index contributed by atoms with van der Waals surface area (Å²) in [7, 11) is -2.90. The van der Waals surface area contributed by atoms with Crippen molar-refractivity contribution < 1.29 is 89.5 Å². The summed E-state index contributed by atoms with van der Waals surface area (Å²) in [5.41, 5.74) is 0.373. The molecular weight excluding hydrogens is 1010 g/mol. The van der Waals surface area contributed by atoms with Crippen molar-refractivity contribution in [2.75, 3.05) is 21.3 Å². The average Bonchev–Trinajstić information content (AvgIpc) is 3.52. The molecule has 0 radical (unpaired) electrons. The first-order chi connectivity index (χ1) is 35.4. The highest BCUT2D eigenvalue weighted by atomic mass is 28.5. The molecule has 0 bridgehead atoms. The lowest BCUT2D eigenvalue weighted by Crippen LogP contribution is -2.69. The lowest BCUT2D eigenvalue weighted by molar-refractivity contribution is -0.237. The van der Waals surface area contributed by atoms with E-state index in [1.807, 2.05) is 55.4 Å². The van der Waals surface area contributed by atoms with Crippen molar-refractivity contribution in [3.05, 3.63) is 89.5 Å². The van der Waals surface area contributed by atoms with E-state index in [0.717, 1.165) is 18.2 Å². The van der Waals surface area contributed by atoms with Gasteiger partial charge >= 0.3 is 52.9 Å². The molecule has 406 valence electrons. The van der Waals surface area contributed by atoms with E-state index in [1.165, 1.54) is 96.7 Å². The molecule has 19 nitrogen and oxygen atoms in total. The van der Waals surface area contributed by atoms with Gasteiger partial charge in [-0.2, -0.15) is 0 Å². The van der Waals surface area contributed by atoms with E-state index >= 15 is 0 Å². The number of ether oxygens (including phenoxy) is 9. The number of carbonyl (C=O) groups excluding carboxylic acids is 6. The SMILES string of the molecule is COc1cc(/C=C/C(=O)O[C@@H]2[C@H]3O[Si](C(C)C)(C(C)C)O[Si](C(C)C)(C(C)C)O[C@@H]3[C@H](O)[C@H](OC(=O)/C=C/c3ccc(OC(C)=O)c(OC)c3)[C@H]2OC(=O)/C=C/c2ccc(OC(C)=O)c(OC)c2)ccc1OC(C)=O. The number of esters is 6. The Labute approximate surface area is 439 Å². The number of aliphatic hydroxyl groups is 1. The molecule has 6 atom stereocenters. The van der Waals surface area contributed by atoms with E-state index in [2.05, 4.69) is 0 Å². The predicted octanol–water partition coefficient (Wildman–Crippen LogP) is 8.36. The molecule has 1 saturated heterocycles. The van der Waals surface area contributed by atoms with Gasteiger partial charge in [-0.15, -0.1) is 0 Å². The number of methoxy groups -OCH3 is 3. The Morgan fingerprint density at radius 2 is 0.773 bits per heavy atom. The molecule has 0 amide bonds. The molecule has 1 N–H and O–H groups in total. The molecule has 21 heteroatoms. The number of hydrogen-bond donors (Lipinski definition) is 1. The monoisotopic (exact) mass is 1080 g/mol. The molecule has 2 fully saturated rings. The first-order valence-corrected chi connectivity index (χ1v) is 28.3. The molecule has 75 heavy (non-hydrogen) atoms. The third-order valence-corrected chi connectivity index (χ3v) is 22.7. The summed E-state index contributed by atoms with van der Waals surface area (Å²) in [4.78, 5) is 77.8. The van der Waals surface area contributed by atoms with Gasteiger partial charge in [-0.3, -0.25) is 14.4 Å². The summed E-state index contributed by atoms with van der Waals surface area (Å²) < 4.78 is 72.4. The number of carbonyl (C=O) groups is 6. The predicted molar refractivity (Wildman–Crippen MR) is 278 cm³/mol. The molecule has 2 aliphatic rings. The van der Waals surface area contributed by atoms with Crippen molar-refractivity contribution in [2.24, 2.45) is 0 Å². The zero-order valence-electron chi connectivity index (χ0n) is 44.7. The van der Waals surface area contributed by atoms with Crippen molar-refractivity contribution in [3.8, 4) is 34.5 Å². The van der Waals surface area contributed by atoms with Crippen LogP contribution in [0.2, 0.25) is 22.2 Å². The molecule has 1 aliphatic carbocycles. The largest absolute Gasteiger partial charge is 0.493 e. The van der Waals surface area contributed by atoms with E-state index in [0.29, 0.717) is 16.7 Å². The van der Waals surface area contributed by atoms with Gasteiger partial charge in [-0.25, -0.2) is 14.4 Å². The van der Waals surface area contributed by atoms with E-state index in [1.54, 1.807) is 18.2 Å². The van der Waals surface area contributed by atoms with Crippen molar-refractivity contribution >= 4 is 71.2 Å². The van der Waals surface area contributed by atoms with Crippen LogP contribution in [0.5, 0.6) is 34.5 Å². The zero-order chi connectivity index (χ0) is 55.5. The Balaban J connectivity index is 1.68. The van der Waals surface area contributed by atoms with Crippen LogP contribution in [0.3, 0.4) is 0 Å². The summed E-state index contributed by atoms with van der Waals surface area (Å²) in [5, 5.41) is 12.8. The number of aliphatic hydroxyl groups excluding tert-OH is 1. The van der Waals surface area contributed by atoms with Crippen LogP contribution in [-0.2, 0) is 55.9 Å². The third-order valence-electron chi connectivity index (χ3n) is 12.5. The van der Waals surface area contributed by atoms with Crippen LogP contribution in [0.1, 0.15) is 92.9 Å². The normalized spacial score (nSPS) is 21.2. The second kappa shape index (κ2) is 25.7. The summed E-state index contributed by atoms with van der Waals surface area (Å²) >= 11 is 0. The van der Waals surface area contributed by atoms with Crippen molar-refractivity contribution in [2.45, 2.75) is 135 Å². The number of fused-ring (bicyclic) bond motifs is 1. The number of hydrogen-bond acceptors (Lipinski definition) is 19. The van der Waals surface area contributed by atoms with Gasteiger partial charge in [-0.1, -0.05) is 73.6 Å². The Bertz CT molecular complexity index is 2640. The molecule has 3 aromatic carbocycles. The fourth-order valence-corrected chi connectivity index (χ4v) is 20.3. The van der Waals surface area contributed by atoms with Crippen molar-refractivity contribution in [1.29, 1.82) is 0 Å². The molecule has 1 heterocycles. The maximum absolute atomic E-state index is 14.4. The zero-order valence-corrected chi connectivity index (χ0v) is 46.7. The van der Waals surface area contributed by atoms with Crippen LogP contribution < -0.4 is 28.4 Å². The summed E-state index contributed by atoms with van der Waals surface area (Å²) in [5.74, 6) is -3.66. The molecule has 1 saturated carbocycles. The first kappa shape index (κ1) is 59.3. The first-order valence-electron chi connectivity index (χ1n) is 24.4. The molecular formula is C54H68O19Si2. The van der Waals surface area contributed by atoms with Gasteiger partial charge in [-0.05, 0) is 93.5 Å². The molecule has 0 spiro atoms. The maximum Gasteiger partial charge on any atom is 0.335 e. The fraction of sp³-hybridized carbons (Fsp3) is 0.444. The van der Waals surface area contributed by atoms with Crippen molar-refractivity contribution in [3.63, 3.8) is 0 Å². The minimum Gasteiger partial charge on any atom is -0.493 e. The standard InChI is InChI=1S/C54H68O19Si2/c1-30(2)74(31(3)4)71-51-49(61)50(68-46(58)24-18-37-15-21-40(65-34(9)55)43(27-37)62-12)52(69-47(59)25-19-38-16-22-41(66-35(10)56)44(28-38)63-13)53(54(51)72-75(73-74,32(5)6)33(7)8)70-48(60)26-20-39-17-23-42(67-36(11)57)45(29-39)64-14/h15-33,49-54,61H,1-14H3/b24-18+,25-19+,26-20+/t49-,50+,51-,52-,53+,54+/m1/s1. The second-order valence-electron chi connectivity index (χ2n) is 19.0. The highest BCUT2D eigenvalue weighted by Gasteiger charge is 2.67. The maximum atomic E-state index is 14.4. The van der Waals surface area contributed by atoms with E-state index < -0.39 is 89.6 Å². The Morgan fingerprint density at radius 1 is 0.467 bits per heavy atom. The van der Waals surface area contributed by atoms with Crippen LogP contribution in [-0.4, -0.2) is 116 Å². The fourth-order valence-electron chi connectivity index (χ4n) is 8.98. The van der Waals surface area contributed by atoms with Gasteiger partial charge in [0.05, 0.1) is 21.3 Å². The second-order valence-corrected chi connectivity index (χ2v) is 27.8. The Morgan fingerprint density at radius 3 is 1.08 bits per heavy atom. The minimum atomic E-state index is -3.54. The summed E-state index contributed by atoms with van der Waals surface area (Å²) in [6, 6.07) is 13.7. The van der Waals surface area contributed by atoms with Gasteiger partial charge in [0, 0.05) is 39.0 Å². The van der Waals surface area contributed by atoms with Crippen LogP contribution in [0.25, 0.3) is 18.2 Å². The molecule has 1 aliphatic heterocycles. The van der Waals surface area contributed by atoms with Gasteiger partial charge in [0.1, 0.15) is 18.3 Å². The summed E-state index contributed by atoms with van der Waals surface area (Å²) in [6.07, 6.45) is -2.31. The minimum absolute atomic E-state index is 0.142.